The van der Waals surface area contributed by atoms with Crippen LogP contribution in [0.5, 0.6) is 0 Å². The number of halogens is 1. The predicted molar refractivity (Wildman–Crippen MR) is 159 cm³/mol. The molecule has 4 fully saturated rings. The molecule has 3 aliphatic heterocycles. The highest BCUT2D eigenvalue weighted by Gasteiger charge is 2.58. The van der Waals surface area contributed by atoms with Crippen molar-refractivity contribution in [3.63, 3.8) is 0 Å². The van der Waals surface area contributed by atoms with E-state index in [1.54, 1.807) is 35.9 Å². The van der Waals surface area contributed by atoms with Crippen molar-refractivity contribution in [3.05, 3.63) is 49.0 Å². The summed E-state index contributed by atoms with van der Waals surface area (Å²) >= 11 is 1.91. The van der Waals surface area contributed by atoms with Gasteiger partial charge in [0.25, 0.3) is 5.91 Å². The number of thioether (sulfide) groups is 1. The Balaban J connectivity index is 1.09. The Bertz CT molecular complexity index is 1290. The van der Waals surface area contributed by atoms with Crippen molar-refractivity contribution >= 4 is 29.4 Å². The fourth-order valence-electron chi connectivity index (χ4n) is 7.66. The number of carbonyl (C=O) groups excluding carboxylic acids is 2. The van der Waals surface area contributed by atoms with Crippen molar-refractivity contribution in [1.29, 1.82) is 0 Å². The molecule has 0 radical (unpaired) electrons. The molecule has 0 spiro atoms. The molecule has 42 heavy (non-hydrogen) atoms. The number of aryl methyl sites for hydroxylation is 1. The van der Waals surface area contributed by atoms with E-state index in [0.717, 1.165) is 32.2 Å². The summed E-state index contributed by atoms with van der Waals surface area (Å²) in [5, 5.41) is 3.91. The number of aromatic nitrogens is 4. The molecule has 7 atom stereocenters. The first-order valence-electron chi connectivity index (χ1n) is 15.4. The van der Waals surface area contributed by atoms with E-state index in [1.165, 1.54) is 6.42 Å². The van der Waals surface area contributed by atoms with Gasteiger partial charge in [0.15, 0.2) is 5.78 Å². The normalized spacial score (nSPS) is 32.7. The van der Waals surface area contributed by atoms with Crippen molar-refractivity contribution in [2.75, 3.05) is 37.6 Å². The number of hydrogen-bond acceptors (Lipinski definition) is 9. The minimum atomic E-state index is -1.13. The third-order valence-corrected chi connectivity index (χ3v) is 11.5. The molecule has 7 unspecified atom stereocenters. The third kappa shape index (κ3) is 5.21. The molecular formula is C30H39FN8O2S. The molecule has 2 aliphatic carbocycles. The topological polar surface area (TPSA) is 99.5 Å². The number of ketones is 1. The molecule has 0 bridgehead atoms. The van der Waals surface area contributed by atoms with Gasteiger partial charge in [-0.3, -0.25) is 9.59 Å². The van der Waals surface area contributed by atoms with Gasteiger partial charge >= 0.3 is 0 Å². The lowest BCUT2D eigenvalue weighted by Crippen LogP contribution is -2.70. The number of nitrogens with zero attached hydrogens (tertiary/aromatic N) is 7. The molecule has 0 aromatic carbocycles. The number of carbonyl (C=O) groups is 2. The Morgan fingerprint density at radius 2 is 1.90 bits per heavy atom. The van der Waals surface area contributed by atoms with Crippen LogP contribution in [0.25, 0.3) is 0 Å². The van der Waals surface area contributed by atoms with E-state index in [0.29, 0.717) is 43.9 Å². The van der Waals surface area contributed by atoms with Crippen molar-refractivity contribution in [2.45, 2.75) is 79.9 Å². The number of imidazole rings is 1. The zero-order chi connectivity index (χ0) is 28.6. The second-order valence-corrected chi connectivity index (χ2v) is 13.6. The van der Waals surface area contributed by atoms with Crippen LogP contribution in [0.2, 0.25) is 0 Å². The van der Waals surface area contributed by atoms with Crippen LogP contribution in [0, 0.1) is 5.92 Å². The molecule has 2 aromatic rings. The lowest BCUT2D eigenvalue weighted by molar-refractivity contribution is -0.134. The Morgan fingerprint density at radius 3 is 2.69 bits per heavy atom. The summed E-state index contributed by atoms with van der Waals surface area (Å²) in [7, 11) is 0. The number of alkyl halides is 1. The van der Waals surface area contributed by atoms with Gasteiger partial charge in [0, 0.05) is 86.2 Å². The standard InChI is InChI=1S/C30H39FN8O2S/c31-22-17-20-26-28(25(22)33-9-4-11-36-12-10-32-19-36)42-24-6-2-1-5-23(24)39(26)18-21(27(20)40)29(41)37-13-15-38(16-14-37)30-34-7-3-8-35-30/h3,7-8,10,12,18-20,22-26,28,33H,1-2,4-6,9,11,13-17H2. The van der Waals surface area contributed by atoms with E-state index in [9.17, 15) is 9.59 Å². The fourth-order valence-corrected chi connectivity index (χ4v) is 9.75. The third-order valence-electron chi connectivity index (χ3n) is 9.74. The van der Waals surface area contributed by atoms with Crippen LogP contribution in [-0.4, -0.2) is 109 Å². The van der Waals surface area contributed by atoms with Gasteiger partial charge in [0.05, 0.1) is 24.0 Å². The fraction of sp³-hybridized carbons (Fsp3) is 0.633. The van der Waals surface area contributed by atoms with E-state index < -0.39 is 12.1 Å². The second kappa shape index (κ2) is 11.9. The van der Waals surface area contributed by atoms with E-state index in [4.69, 9.17) is 0 Å². The summed E-state index contributed by atoms with van der Waals surface area (Å²) in [6.45, 7) is 3.75. The van der Waals surface area contributed by atoms with Crippen molar-refractivity contribution in [2.24, 2.45) is 5.92 Å². The van der Waals surface area contributed by atoms with E-state index in [-0.39, 0.29) is 47.1 Å². The van der Waals surface area contributed by atoms with Gasteiger partial charge < -0.3 is 24.6 Å². The van der Waals surface area contributed by atoms with Crippen LogP contribution in [0.1, 0.15) is 38.5 Å². The Hall–Kier alpha value is -2.99. The predicted octanol–water partition coefficient (Wildman–Crippen LogP) is 2.29. The number of nitrogens with one attached hydrogen (secondary N) is 1. The zero-order valence-electron chi connectivity index (χ0n) is 23.8. The molecule has 5 heterocycles. The summed E-state index contributed by atoms with van der Waals surface area (Å²) < 4.78 is 18.0. The van der Waals surface area contributed by atoms with Crippen LogP contribution in [0.4, 0.5) is 10.3 Å². The molecule has 10 nitrogen and oxygen atoms in total. The van der Waals surface area contributed by atoms with Gasteiger partial charge in [-0.05, 0) is 38.3 Å². The lowest BCUT2D eigenvalue weighted by atomic mass is 9.72. The van der Waals surface area contributed by atoms with E-state index in [1.807, 2.05) is 28.7 Å². The zero-order valence-corrected chi connectivity index (χ0v) is 24.6. The van der Waals surface area contributed by atoms with Crippen molar-refractivity contribution in [3.8, 4) is 0 Å². The number of hydrogen-bond donors (Lipinski definition) is 1. The quantitative estimate of drug-likeness (QED) is 0.383. The van der Waals surface area contributed by atoms with Gasteiger partial charge in [0.2, 0.25) is 5.95 Å². The SMILES string of the molecule is O=C1C(C(=O)N2CCN(c3ncccn3)CC2)=CN2C3CCCCC3SC3C(NCCCn4ccnc4)C(F)CC1C32. The molecule has 5 aliphatic rings. The molecule has 1 amide bonds. The summed E-state index contributed by atoms with van der Waals surface area (Å²) in [5.74, 6) is -0.227. The van der Waals surface area contributed by atoms with E-state index >= 15 is 4.39 Å². The average Bonchev–Trinajstić information content (AvgIpc) is 3.55. The largest absolute Gasteiger partial charge is 0.368 e. The molecule has 1 N–H and O–H groups in total. The monoisotopic (exact) mass is 594 g/mol. The maximum absolute atomic E-state index is 16.0. The summed E-state index contributed by atoms with van der Waals surface area (Å²) in [5.41, 5.74) is 0.245. The van der Waals surface area contributed by atoms with Gasteiger partial charge in [-0.15, -0.1) is 11.8 Å². The molecule has 2 aromatic heterocycles. The molecule has 7 rings (SSSR count). The number of anilines is 1. The Morgan fingerprint density at radius 1 is 1.10 bits per heavy atom. The number of piperazine rings is 1. The maximum Gasteiger partial charge on any atom is 0.259 e. The first-order valence-corrected chi connectivity index (χ1v) is 16.4. The maximum atomic E-state index is 16.0. The van der Waals surface area contributed by atoms with Crippen molar-refractivity contribution in [1.82, 2.24) is 34.6 Å². The van der Waals surface area contributed by atoms with Crippen LogP contribution < -0.4 is 10.2 Å². The van der Waals surface area contributed by atoms with Crippen LogP contribution in [0.3, 0.4) is 0 Å². The highest BCUT2D eigenvalue weighted by molar-refractivity contribution is 8.00. The molecular weight excluding hydrogens is 555 g/mol. The smallest absolute Gasteiger partial charge is 0.259 e. The van der Waals surface area contributed by atoms with Crippen LogP contribution in [-0.2, 0) is 16.1 Å². The number of Topliss-reactive ketones (excluding diaryl/α,β-unsaturated/α-hetero) is 1. The summed E-state index contributed by atoms with van der Waals surface area (Å²) in [6.07, 6.45) is 15.2. The second-order valence-electron chi connectivity index (χ2n) is 12.2. The Kier molecular flexibility index (Phi) is 7.91. The van der Waals surface area contributed by atoms with Gasteiger partial charge in [-0.25, -0.2) is 19.3 Å². The first kappa shape index (κ1) is 27.8. The number of amides is 1. The van der Waals surface area contributed by atoms with Gasteiger partial charge in [-0.1, -0.05) is 12.8 Å². The lowest BCUT2D eigenvalue weighted by Gasteiger charge is -2.59. The van der Waals surface area contributed by atoms with E-state index in [2.05, 4.69) is 30.1 Å². The summed E-state index contributed by atoms with van der Waals surface area (Å²) in [6, 6.07) is 1.68. The van der Waals surface area contributed by atoms with Gasteiger partial charge in [-0.2, -0.15) is 0 Å². The highest BCUT2D eigenvalue weighted by Crippen LogP contribution is 2.51. The minimum absolute atomic E-state index is 0.0300. The minimum Gasteiger partial charge on any atom is -0.368 e. The first-order chi connectivity index (χ1) is 20.6. The molecule has 12 heteroatoms. The summed E-state index contributed by atoms with van der Waals surface area (Å²) in [4.78, 5) is 46.8. The number of fused-ring (bicyclic) bond motifs is 2. The van der Waals surface area contributed by atoms with Crippen molar-refractivity contribution < 1.29 is 14.0 Å². The van der Waals surface area contributed by atoms with Crippen LogP contribution in [0.15, 0.2) is 49.0 Å². The number of rotatable bonds is 7. The van der Waals surface area contributed by atoms with Gasteiger partial charge in [0.1, 0.15) is 6.17 Å². The molecule has 2 saturated carbocycles. The Labute approximate surface area is 250 Å². The molecule has 224 valence electrons. The highest BCUT2D eigenvalue weighted by atomic mass is 32.2. The average molecular weight is 595 g/mol. The molecule has 2 saturated heterocycles. The van der Waals surface area contributed by atoms with Crippen LogP contribution >= 0.6 is 11.8 Å².